The number of aryl methyl sites for hydroxylation is 1. The molecule has 1 aromatic rings. The zero-order chi connectivity index (χ0) is 12.7. The number of imidazole rings is 1. The Morgan fingerprint density at radius 3 is 2.71 bits per heavy atom. The van der Waals surface area contributed by atoms with Gasteiger partial charge in [-0.05, 0) is 12.8 Å². The van der Waals surface area contributed by atoms with Crippen molar-refractivity contribution in [2.24, 2.45) is 0 Å². The summed E-state index contributed by atoms with van der Waals surface area (Å²) in [5.74, 6) is -0.0426. The monoisotopic (exact) mass is 239 g/mol. The first-order chi connectivity index (χ1) is 8.09. The van der Waals surface area contributed by atoms with Crippen LogP contribution in [0.15, 0.2) is 18.7 Å². The summed E-state index contributed by atoms with van der Waals surface area (Å²) in [6.45, 7) is 4.77. The summed E-state index contributed by atoms with van der Waals surface area (Å²) in [5.41, 5.74) is -0.773. The van der Waals surface area contributed by atoms with Gasteiger partial charge in [0.2, 0.25) is 5.91 Å². The van der Waals surface area contributed by atoms with Crippen LogP contribution < -0.4 is 5.32 Å². The average Bonchev–Trinajstić information content (AvgIpc) is 2.86. The number of rotatable bonds is 7. The molecule has 1 rings (SSSR count). The lowest BCUT2D eigenvalue weighted by atomic mass is 9.97. The van der Waals surface area contributed by atoms with Crippen LogP contribution >= 0.6 is 0 Å². The summed E-state index contributed by atoms with van der Waals surface area (Å²) in [7, 11) is 0. The van der Waals surface area contributed by atoms with Crippen LogP contribution in [0.3, 0.4) is 0 Å². The van der Waals surface area contributed by atoms with Crippen molar-refractivity contribution in [2.75, 3.05) is 6.54 Å². The molecule has 0 aromatic carbocycles. The third kappa shape index (κ3) is 4.56. The minimum atomic E-state index is -0.773. The molecule has 0 aliphatic heterocycles. The summed E-state index contributed by atoms with van der Waals surface area (Å²) in [4.78, 5) is 15.5. The predicted molar refractivity (Wildman–Crippen MR) is 65.4 cm³/mol. The van der Waals surface area contributed by atoms with Gasteiger partial charge >= 0.3 is 0 Å². The van der Waals surface area contributed by atoms with Gasteiger partial charge in [-0.1, -0.05) is 13.8 Å². The lowest BCUT2D eigenvalue weighted by Crippen LogP contribution is -2.42. The third-order valence-electron chi connectivity index (χ3n) is 3.09. The van der Waals surface area contributed by atoms with E-state index in [1.165, 1.54) is 0 Å². The van der Waals surface area contributed by atoms with Crippen molar-refractivity contribution in [3.63, 3.8) is 0 Å². The summed E-state index contributed by atoms with van der Waals surface area (Å²) in [5, 5.41) is 12.8. The van der Waals surface area contributed by atoms with E-state index in [1.54, 1.807) is 12.5 Å². The SMILES string of the molecule is CCC(O)(CC)CNC(=O)CCn1ccnc1. The van der Waals surface area contributed by atoms with Crippen molar-refractivity contribution in [1.82, 2.24) is 14.9 Å². The largest absolute Gasteiger partial charge is 0.388 e. The van der Waals surface area contributed by atoms with Crippen molar-refractivity contribution >= 4 is 5.91 Å². The minimum absolute atomic E-state index is 0.0426. The van der Waals surface area contributed by atoms with Gasteiger partial charge in [0.25, 0.3) is 0 Å². The first-order valence-electron chi connectivity index (χ1n) is 6.04. The molecule has 0 aliphatic rings. The van der Waals surface area contributed by atoms with E-state index in [1.807, 2.05) is 24.6 Å². The van der Waals surface area contributed by atoms with E-state index >= 15 is 0 Å². The van der Waals surface area contributed by atoms with Gasteiger partial charge in [0.05, 0.1) is 11.9 Å². The normalized spacial score (nSPS) is 11.5. The van der Waals surface area contributed by atoms with E-state index in [0.717, 1.165) is 0 Å². The van der Waals surface area contributed by atoms with Crippen LogP contribution in [0.1, 0.15) is 33.1 Å². The molecule has 0 saturated carbocycles. The van der Waals surface area contributed by atoms with E-state index in [4.69, 9.17) is 0 Å². The summed E-state index contributed by atoms with van der Waals surface area (Å²) in [6, 6.07) is 0. The number of aromatic nitrogens is 2. The number of aliphatic hydroxyl groups is 1. The lowest BCUT2D eigenvalue weighted by Gasteiger charge is -2.25. The fourth-order valence-corrected chi connectivity index (χ4v) is 1.50. The van der Waals surface area contributed by atoms with Crippen molar-refractivity contribution in [3.05, 3.63) is 18.7 Å². The molecule has 17 heavy (non-hydrogen) atoms. The first-order valence-corrected chi connectivity index (χ1v) is 6.04. The fourth-order valence-electron chi connectivity index (χ4n) is 1.50. The van der Waals surface area contributed by atoms with E-state index in [-0.39, 0.29) is 5.91 Å². The number of hydrogen-bond acceptors (Lipinski definition) is 3. The first kappa shape index (κ1) is 13.7. The van der Waals surface area contributed by atoms with Crippen LogP contribution in [0.5, 0.6) is 0 Å². The molecule has 1 aromatic heterocycles. The summed E-state index contributed by atoms with van der Waals surface area (Å²) >= 11 is 0. The Labute approximate surface area is 102 Å². The Kier molecular flexibility index (Phi) is 5.15. The van der Waals surface area contributed by atoms with E-state index in [0.29, 0.717) is 32.4 Å². The molecule has 0 fully saturated rings. The van der Waals surface area contributed by atoms with E-state index < -0.39 is 5.60 Å². The molecule has 0 spiro atoms. The highest BCUT2D eigenvalue weighted by atomic mass is 16.3. The fraction of sp³-hybridized carbons (Fsp3) is 0.667. The standard InChI is InChI=1S/C12H21N3O2/c1-3-12(17,4-2)9-14-11(16)5-7-15-8-6-13-10-15/h6,8,10,17H,3-5,7,9H2,1-2H3,(H,14,16). The van der Waals surface area contributed by atoms with Gasteiger partial charge in [0.15, 0.2) is 0 Å². The molecule has 0 bridgehead atoms. The quantitative estimate of drug-likeness (QED) is 0.744. The second-order valence-corrected chi connectivity index (χ2v) is 4.26. The second-order valence-electron chi connectivity index (χ2n) is 4.26. The molecule has 0 aliphatic carbocycles. The Morgan fingerprint density at radius 2 is 2.18 bits per heavy atom. The van der Waals surface area contributed by atoms with Crippen LogP contribution in [-0.4, -0.2) is 32.7 Å². The van der Waals surface area contributed by atoms with Crippen molar-refractivity contribution in [3.8, 4) is 0 Å². The van der Waals surface area contributed by atoms with Crippen LogP contribution in [0, 0.1) is 0 Å². The van der Waals surface area contributed by atoms with Gasteiger partial charge in [-0.2, -0.15) is 0 Å². The number of nitrogens with one attached hydrogen (secondary N) is 1. The van der Waals surface area contributed by atoms with Gasteiger partial charge in [-0.25, -0.2) is 4.98 Å². The predicted octanol–water partition coefficient (Wildman–Crippen LogP) is 0.940. The average molecular weight is 239 g/mol. The highest BCUT2D eigenvalue weighted by Gasteiger charge is 2.22. The molecule has 0 radical (unpaired) electrons. The maximum Gasteiger partial charge on any atom is 0.221 e. The van der Waals surface area contributed by atoms with Gasteiger partial charge in [-0.15, -0.1) is 0 Å². The molecule has 1 amide bonds. The Bertz CT molecular complexity index is 332. The smallest absolute Gasteiger partial charge is 0.221 e. The maximum atomic E-state index is 11.6. The van der Waals surface area contributed by atoms with Crippen LogP contribution in [0.25, 0.3) is 0 Å². The maximum absolute atomic E-state index is 11.6. The van der Waals surface area contributed by atoms with Gasteiger partial charge in [-0.3, -0.25) is 4.79 Å². The molecular weight excluding hydrogens is 218 g/mol. The molecule has 5 nitrogen and oxygen atoms in total. The number of amides is 1. The van der Waals surface area contributed by atoms with Crippen molar-refractivity contribution in [2.45, 2.75) is 45.3 Å². The topological polar surface area (TPSA) is 67.2 Å². The minimum Gasteiger partial charge on any atom is -0.388 e. The Morgan fingerprint density at radius 1 is 1.47 bits per heavy atom. The number of nitrogens with zero attached hydrogens (tertiary/aromatic N) is 2. The highest BCUT2D eigenvalue weighted by Crippen LogP contribution is 2.12. The molecule has 1 heterocycles. The molecule has 0 unspecified atom stereocenters. The zero-order valence-corrected chi connectivity index (χ0v) is 10.5. The molecule has 5 heteroatoms. The summed E-state index contributed by atoms with van der Waals surface area (Å²) < 4.78 is 1.85. The van der Waals surface area contributed by atoms with E-state index in [2.05, 4.69) is 10.3 Å². The third-order valence-corrected chi connectivity index (χ3v) is 3.09. The molecule has 96 valence electrons. The number of carbonyl (C=O) groups is 1. The van der Waals surface area contributed by atoms with Crippen LogP contribution in [-0.2, 0) is 11.3 Å². The Hall–Kier alpha value is -1.36. The van der Waals surface area contributed by atoms with E-state index in [9.17, 15) is 9.90 Å². The number of hydrogen-bond donors (Lipinski definition) is 2. The Balaban J connectivity index is 2.26. The highest BCUT2D eigenvalue weighted by molar-refractivity contribution is 5.75. The van der Waals surface area contributed by atoms with Crippen LogP contribution in [0.2, 0.25) is 0 Å². The molecule has 0 atom stereocenters. The lowest BCUT2D eigenvalue weighted by molar-refractivity contribution is -0.122. The summed E-state index contributed by atoms with van der Waals surface area (Å²) in [6.07, 6.45) is 6.88. The number of carbonyl (C=O) groups excluding carboxylic acids is 1. The van der Waals surface area contributed by atoms with Gasteiger partial charge in [0.1, 0.15) is 0 Å². The van der Waals surface area contributed by atoms with Crippen molar-refractivity contribution < 1.29 is 9.90 Å². The van der Waals surface area contributed by atoms with Gasteiger partial charge in [0, 0.05) is 31.9 Å². The van der Waals surface area contributed by atoms with Gasteiger partial charge < -0.3 is 15.0 Å². The van der Waals surface area contributed by atoms with Crippen LogP contribution in [0.4, 0.5) is 0 Å². The second kappa shape index (κ2) is 6.39. The zero-order valence-electron chi connectivity index (χ0n) is 10.5. The molecule has 0 saturated heterocycles. The molecular formula is C12H21N3O2. The molecule has 2 N–H and O–H groups in total. The van der Waals surface area contributed by atoms with Crippen molar-refractivity contribution in [1.29, 1.82) is 0 Å².